The van der Waals surface area contributed by atoms with Crippen LogP contribution >= 0.6 is 11.6 Å². The number of aromatic hydroxyl groups is 1. The standard InChI is InChI=1S/C26H30ClN9O/c27-20-8-7-9-21(17-20)32-33-22-10-11-23(37)19(16-22)18-28-34-24-29-25(35-12-3-1-4-13-35)31-26(30-24)36-14-5-2-6-15-36/h7-11,16-18,37H,1-6,12-15H2,(H,29,30,31,34)/b28-18+,33-32?. The Labute approximate surface area is 221 Å². The molecule has 192 valence electrons. The smallest absolute Gasteiger partial charge is 0.250 e. The van der Waals surface area contributed by atoms with Crippen molar-refractivity contribution in [2.45, 2.75) is 38.5 Å². The molecule has 11 heteroatoms. The molecule has 2 aliphatic rings. The maximum Gasteiger partial charge on any atom is 0.250 e. The van der Waals surface area contributed by atoms with Gasteiger partial charge in [0.15, 0.2) is 0 Å². The Morgan fingerprint density at radius 3 is 2.03 bits per heavy atom. The van der Waals surface area contributed by atoms with Gasteiger partial charge in [0.1, 0.15) is 5.75 Å². The Hall–Kier alpha value is -3.79. The third-order valence-electron chi connectivity index (χ3n) is 6.36. The topological polar surface area (TPSA) is 114 Å². The summed E-state index contributed by atoms with van der Waals surface area (Å²) in [7, 11) is 0. The number of phenolic OH excluding ortho intramolecular Hbond substituents is 1. The molecule has 10 nitrogen and oxygen atoms in total. The van der Waals surface area contributed by atoms with E-state index in [1.54, 1.807) is 30.3 Å². The van der Waals surface area contributed by atoms with Gasteiger partial charge >= 0.3 is 0 Å². The first-order chi connectivity index (χ1) is 18.1. The third-order valence-corrected chi connectivity index (χ3v) is 6.59. The molecule has 0 bridgehead atoms. The molecular weight excluding hydrogens is 490 g/mol. The SMILES string of the molecule is Oc1ccc(N=Nc2cccc(Cl)c2)cc1/C=N/Nc1nc(N2CCCCC2)nc(N2CCCCC2)n1. The predicted molar refractivity (Wildman–Crippen MR) is 147 cm³/mol. The quantitative estimate of drug-likeness (QED) is 0.221. The van der Waals surface area contributed by atoms with Crippen molar-refractivity contribution < 1.29 is 5.11 Å². The van der Waals surface area contributed by atoms with E-state index >= 15 is 0 Å². The summed E-state index contributed by atoms with van der Waals surface area (Å²) in [4.78, 5) is 18.5. The van der Waals surface area contributed by atoms with E-state index in [0.717, 1.165) is 51.9 Å². The monoisotopic (exact) mass is 519 g/mol. The van der Waals surface area contributed by atoms with Crippen LogP contribution in [0.4, 0.5) is 29.2 Å². The number of anilines is 3. The van der Waals surface area contributed by atoms with Crippen LogP contribution < -0.4 is 15.2 Å². The van der Waals surface area contributed by atoms with E-state index in [0.29, 0.717) is 39.8 Å². The van der Waals surface area contributed by atoms with E-state index < -0.39 is 0 Å². The van der Waals surface area contributed by atoms with Crippen LogP contribution in [0.5, 0.6) is 5.75 Å². The van der Waals surface area contributed by atoms with Crippen LogP contribution in [-0.4, -0.2) is 52.5 Å². The number of phenols is 1. The number of hydrogen-bond donors (Lipinski definition) is 2. The van der Waals surface area contributed by atoms with Gasteiger partial charge in [0, 0.05) is 36.8 Å². The molecule has 2 saturated heterocycles. The van der Waals surface area contributed by atoms with Crippen molar-refractivity contribution in [2.75, 3.05) is 41.4 Å². The normalized spacial score (nSPS) is 16.6. The molecule has 3 aromatic rings. The Balaban J connectivity index is 1.33. The average molecular weight is 520 g/mol. The van der Waals surface area contributed by atoms with Gasteiger partial charge in [-0.25, -0.2) is 5.43 Å². The molecule has 2 aromatic carbocycles. The van der Waals surface area contributed by atoms with Gasteiger partial charge in [-0.05, 0) is 74.9 Å². The van der Waals surface area contributed by atoms with Crippen molar-refractivity contribution in [3.8, 4) is 5.75 Å². The Morgan fingerprint density at radius 1 is 0.784 bits per heavy atom. The zero-order valence-electron chi connectivity index (χ0n) is 20.6. The highest BCUT2D eigenvalue weighted by Gasteiger charge is 2.20. The highest BCUT2D eigenvalue weighted by atomic mass is 35.5. The minimum absolute atomic E-state index is 0.0749. The molecular formula is C26H30ClN9O. The van der Waals surface area contributed by atoms with Gasteiger partial charge in [-0.15, -0.1) is 0 Å². The molecule has 37 heavy (non-hydrogen) atoms. The molecule has 5 rings (SSSR count). The zero-order chi connectivity index (χ0) is 25.5. The number of aromatic nitrogens is 3. The first-order valence-electron chi connectivity index (χ1n) is 12.7. The largest absolute Gasteiger partial charge is 0.507 e. The van der Waals surface area contributed by atoms with Gasteiger partial charge in [-0.3, -0.25) is 0 Å². The molecule has 2 N–H and O–H groups in total. The molecule has 0 aliphatic carbocycles. The second-order valence-electron chi connectivity index (χ2n) is 9.15. The van der Waals surface area contributed by atoms with E-state index in [-0.39, 0.29) is 5.75 Å². The third kappa shape index (κ3) is 6.71. The molecule has 0 amide bonds. The number of halogens is 1. The summed E-state index contributed by atoms with van der Waals surface area (Å²) in [6.07, 6.45) is 8.52. The summed E-state index contributed by atoms with van der Waals surface area (Å²) < 4.78 is 0. The van der Waals surface area contributed by atoms with Crippen LogP contribution in [0, 0.1) is 0 Å². The molecule has 3 heterocycles. The number of nitrogens with one attached hydrogen (secondary N) is 1. The highest BCUT2D eigenvalue weighted by molar-refractivity contribution is 6.30. The van der Waals surface area contributed by atoms with Gasteiger partial charge in [-0.1, -0.05) is 17.7 Å². The fourth-order valence-electron chi connectivity index (χ4n) is 4.40. The van der Waals surface area contributed by atoms with Gasteiger partial charge < -0.3 is 14.9 Å². The van der Waals surface area contributed by atoms with Gasteiger partial charge in [0.05, 0.1) is 17.6 Å². The summed E-state index contributed by atoms with van der Waals surface area (Å²) >= 11 is 6.01. The summed E-state index contributed by atoms with van der Waals surface area (Å²) in [5.74, 6) is 1.81. The summed E-state index contributed by atoms with van der Waals surface area (Å²) in [6.45, 7) is 3.76. The maximum absolute atomic E-state index is 10.3. The molecule has 2 aliphatic heterocycles. The van der Waals surface area contributed by atoms with Crippen LogP contribution in [0.3, 0.4) is 0 Å². The molecule has 0 radical (unpaired) electrons. The van der Waals surface area contributed by atoms with Crippen molar-refractivity contribution in [2.24, 2.45) is 15.3 Å². The molecule has 0 atom stereocenters. The number of benzene rings is 2. The van der Waals surface area contributed by atoms with Crippen LogP contribution in [-0.2, 0) is 0 Å². The number of azo groups is 1. The van der Waals surface area contributed by atoms with Gasteiger partial charge in [0.25, 0.3) is 0 Å². The van der Waals surface area contributed by atoms with Crippen molar-refractivity contribution in [3.63, 3.8) is 0 Å². The fraction of sp³-hybridized carbons (Fsp3) is 0.385. The first-order valence-corrected chi connectivity index (χ1v) is 13.1. The lowest BCUT2D eigenvalue weighted by molar-refractivity contribution is 0.474. The van der Waals surface area contributed by atoms with E-state index in [2.05, 4.69) is 40.5 Å². The fourth-order valence-corrected chi connectivity index (χ4v) is 4.58. The zero-order valence-corrected chi connectivity index (χ0v) is 21.3. The minimum atomic E-state index is 0.0749. The second-order valence-corrected chi connectivity index (χ2v) is 9.58. The lowest BCUT2D eigenvalue weighted by Gasteiger charge is -2.30. The molecule has 0 spiro atoms. The van der Waals surface area contributed by atoms with E-state index in [1.807, 2.05) is 12.1 Å². The Kier molecular flexibility index (Phi) is 8.05. The van der Waals surface area contributed by atoms with Gasteiger partial charge in [-0.2, -0.15) is 30.3 Å². The van der Waals surface area contributed by atoms with Crippen molar-refractivity contribution in [1.82, 2.24) is 15.0 Å². The lowest BCUT2D eigenvalue weighted by atomic mass is 10.1. The molecule has 2 fully saturated rings. The van der Waals surface area contributed by atoms with Crippen LogP contribution in [0.2, 0.25) is 5.02 Å². The van der Waals surface area contributed by atoms with Crippen molar-refractivity contribution >= 4 is 47.0 Å². The Morgan fingerprint density at radius 2 is 1.41 bits per heavy atom. The highest BCUT2D eigenvalue weighted by Crippen LogP contribution is 2.26. The minimum Gasteiger partial charge on any atom is -0.507 e. The molecule has 0 saturated carbocycles. The molecule has 0 unspecified atom stereocenters. The van der Waals surface area contributed by atoms with Gasteiger partial charge in [0.2, 0.25) is 17.8 Å². The van der Waals surface area contributed by atoms with Crippen LogP contribution in [0.25, 0.3) is 0 Å². The summed E-state index contributed by atoms with van der Waals surface area (Å²) in [5.41, 5.74) is 4.63. The maximum atomic E-state index is 10.3. The van der Waals surface area contributed by atoms with Crippen molar-refractivity contribution in [1.29, 1.82) is 0 Å². The lowest BCUT2D eigenvalue weighted by Crippen LogP contribution is -2.34. The average Bonchev–Trinajstić information content (AvgIpc) is 2.94. The Bertz CT molecular complexity index is 1230. The van der Waals surface area contributed by atoms with Crippen LogP contribution in [0.1, 0.15) is 44.1 Å². The second kappa shape index (κ2) is 12.0. The molecule has 1 aromatic heterocycles. The van der Waals surface area contributed by atoms with Crippen molar-refractivity contribution in [3.05, 3.63) is 53.1 Å². The van der Waals surface area contributed by atoms with E-state index in [9.17, 15) is 5.11 Å². The number of hydrogen-bond acceptors (Lipinski definition) is 10. The van der Waals surface area contributed by atoms with Crippen LogP contribution in [0.15, 0.2) is 57.8 Å². The predicted octanol–water partition coefficient (Wildman–Crippen LogP) is 6.07. The number of rotatable bonds is 7. The summed E-state index contributed by atoms with van der Waals surface area (Å²) in [5, 5.41) is 23.7. The first kappa shape index (κ1) is 24.9. The number of hydrazone groups is 1. The summed E-state index contributed by atoms with van der Waals surface area (Å²) in [6, 6.07) is 12.1. The van der Waals surface area contributed by atoms with E-state index in [1.165, 1.54) is 19.1 Å². The number of nitrogens with zero attached hydrogens (tertiary/aromatic N) is 8. The van der Waals surface area contributed by atoms with E-state index in [4.69, 9.17) is 16.6 Å². The number of piperidine rings is 2.